The molecule has 1 unspecified atom stereocenters. The summed E-state index contributed by atoms with van der Waals surface area (Å²) in [6.45, 7) is -0.378. The van der Waals surface area contributed by atoms with E-state index in [9.17, 15) is 13.2 Å². The molecule has 1 saturated carbocycles. The number of hydrogen-bond acceptors (Lipinski definition) is 5. The second-order valence-electron chi connectivity index (χ2n) is 8.40. The van der Waals surface area contributed by atoms with Crippen LogP contribution in [0.15, 0.2) is 54.6 Å². The molecule has 0 saturated heterocycles. The van der Waals surface area contributed by atoms with Gasteiger partial charge in [-0.25, -0.2) is 0 Å². The number of carbonyl (C=O) groups is 1. The molecular formula is C24H31NO5S. The van der Waals surface area contributed by atoms with Crippen molar-refractivity contribution < 1.29 is 22.5 Å². The van der Waals surface area contributed by atoms with Crippen molar-refractivity contribution in [1.82, 2.24) is 4.90 Å². The Kier molecular flexibility index (Phi) is 7.86. The van der Waals surface area contributed by atoms with Gasteiger partial charge in [0.25, 0.3) is 10.1 Å². The average Bonchev–Trinajstić information content (AvgIpc) is 2.74. The van der Waals surface area contributed by atoms with E-state index in [-0.39, 0.29) is 6.61 Å². The highest BCUT2D eigenvalue weighted by Crippen LogP contribution is 2.39. The Labute approximate surface area is 185 Å². The molecule has 0 aromatic heterocycles. The van der Waals surface area contributed by atoms with Gasteiger partial charge in [-0.05, 0) is 62.4 Å². The normalized spacial score (nSPS) is 20.4. The second-order valence-corrected chi connectivity index (χ2v) is 9.97. The molecule has 2 aromatic rings. The third-order valence-electron chi connectivity index (χ3n) is 6.13. The van der Waals surface area contributed by atoms with Crippen molar-refractivity contribution in [3.63, 3.8) is 0 Å². The minimum absolute atomic E-state index is 0.365. The van der Waals surface area contributed by atoms with Crippen molar-refractivity contribution in [1.29, 1.82) is 0 Å². The van der Waals surface area contributed by atoms with Gasteiger partial charge in [-0.15, -0.1) is 0 Å². The predicted molar refractivity (Wildman–Crippen MR) is 121 cm³/mol. The van der Waals surface area contributed by atoms with Gasteiger partial charge in [0.15, 0.2) is 0 Å². The summed E-state index contributed by atoms with van der Waals surface area (Å²) in [6.07, 6.45) is 4.33. The third-order valence-corrected chi connectivity index (χ3v) is 6.81. The topological polar surface area (TPSA) is 83.9 Å². The van der Waals surface area contributed by atoms with E-state index >= 15 is 0 Å². The van der Waals surface area contributed by atoms with Gasteiger partial charge in [0, 0.05) is 6.04 Å². The lowest BCUT2D eigenvalue weighted by Gasteiger charge is -2.34. The molecule has 6 nitrogen and oxygen atoms in total. The quantitative estimate of drug-likeness (QED) is 0.491. The Balaban J connectivity index is 1.89. The van der Waals surface area contributed by atoms with Crippen molar-refractivity contribution in [3.05, 3.63) is 71.3 Å². The molecule has 0 spiro atoms. The maximum atomic E-state index is 13.1. The zero-order chi connectivity index (χ0) is 22.4. The highest BCUT2D eigenvalue weighted by atomic mass is 32.2. The molecular weight excluding hydrogens is 414 g/mol. The van der Waals surface area contributed by atoms with E-state index < -0.39 is 27.8 Å². The molecule has 1 N–H and O–H groups in total. The molecule has 0 heterocycles. The van der Waals surface area contributed by atoms with Crippen LogP contribution in [-0.4, -0.2) is 56.3 Å². The smallest absolute Gasteiger partial charge is 0.317 e. The van der Waals surface area contributed by atoms with Crippen molar-refractivity contribution in [2.45, 2.75) is 43.6 Å². The third kappa shape index (κ3) is 6.38. The van der Waals surface area contributed by atoms with Crippen LogP contribution in [0.3, 0.4) is 0 Å². The van der Waals surface area contributed by atoms with Crippen LogP contribution >= 0.6 is 0 Å². The Morgan fingerprint density at radius 3 is 2.26 bits per heavy atom. The highest BCUT2D eigenvalue weighted by Gasteiger charge is 2.31. The summed E-state index contributed by atoms with van der Waals surface area (Å²) in [5.41, 5.74) is 2.85. The molecule has 7 heteroatoms. The molecule has 1 aliphatic carbocycles. The maximum absolute atomic E-state index is 13.1. The zero-order valence-corrected chi connectivity index (χ0v) is 18.9. The molecule has 0 bridgehead atoms. The van der Waals surface area contributed by atoms with E-state index in [1.807, 2.05) is 48.5 Å². The monoisotopic (exact) mass is 445 g/mol. The fourth-order valence-corrected chi connectivity index (χ4v) is 4.76. The van der Waals surface area contributed by atoms with Gasteiger partial charge < -0.3 is 9.64 Å². The van der Waals surface area contributed by atoms with Crippen molar-refractivity contribution in [2.75, 3.05) is 26.5 Å². The van der Waals surface area contributed by atoms with E-state index in [1.165, 1.54) is 0 Å². The standard InChI is InChI=1S/C24H31NO5S/c1-25(2)20-14-12-18(13-15-20)21-10-6-7-11-22(21)23(19-8-4-3-5-9-19)24(26)30-16-17-31(27,28)29/h3-11,18,20,23H,12-17H2,1-2H3,(H,27,28,29). The Bertz CT molecular complexity index is 966. The van der Waals surface area contributed by atoms with Gasteiger partial charge in [-0.1, -0.05) is 54.6 Å². The fourth-order valence-electron chi connectivity index (χ4n) is 4.47. The molecule has 1 aliphatic rings. The van der Waals surface area contributed by atoms with E-state index in [4.69, 9.17) is 9.29 Å². The van der Waals surface area contributed by atoms with Gasteiger partial charge in [0.1, 0.15) is 18.3 Å². The van der Waals surface area contributed by atoms with Crippen LogP contribution in [0.4, 0.5) is 0 Å². The lowest BCUT2D eigenvalue weighted by Crippen LogP contribution is -2.32. The van der Waals surface area contributed by atoms with E-state index in [1.54, 1.807) is 0 Å². The summed E-state index contributed by atoms with van der Waals surface area (Å²) < 4.78 is 36.3. The van der Waals surface area contributed by atoms with Crippen LogP contribution in [0.5, 0.6) is 0 Å². The molecule has 168 valence electrons. The molecule has 0 amide bonds. The first kappa shape index (κ1) is 23.4. The van der Waals surface area contributed by atoms with E-state index in [0.717, 1.165) is 42.4 Å². The summed E-state index contributed by atoms with van der Waals surface area (Å²) in [6, 6.07) is 18.0. The zero-order valence-electron chi connectivity index (χ0n) is 18.1. The second kappa shape index (κ2) is 10.4. The summed E-state index contributed by atoms with van der Waals surface area (Å²) >= 11 is 0. The number of hydrogen-bond donors (Lipinski definition) is 1. The Morgan fingerprint density at radius 2 is 1.65 bits per heavy atom. The predicted octanol–water partition coefficient (Wildman–Crippen LogP) is 3.84. The Morgan fingerprint density at radius 1 is 1.03 bits per heavy atom. The van der Waals surface area contributed by atoms with Gasteiger partial charge in [-0.3, -0.25) is 9.35 Å². The van der Waals surface area contributed by atoms with Crippen LogP contribution < -0.4 is 0 Å². The number of benzene rings is 2. The van der Waals surface area contributed by atoms with Gasteiger partial charge in [0.05, 0.1) is 0 Å². The van der Waals surface area contributed by atoms with Crippen molar-refractivity contribution >= 4 is 16.1 Å². The molecule has 3 rings (SSSR count). The van der Waals surface area contributed by atoms with Crippen molar-refractivity contribution in [2.24, 2.45) is 0 Å². The molecule has 0 aliphatic heterocycles. The van der Waals surface area contributed by atoms with Crippen LogP contribution in [0, 0.1) is 0 Å². The molecule has 31 heavy (non-hydrogen) atoms. The summed E-state index contributed by atoms with van der Waals surface area (Å²) in [4.78, 5) is 15.4. The maximum Gasteiger partial charge on any atom is 0.317 e. The molecule has 0 radical (unpaired) electrons. The molecule has 1 atom stereocenters. The van der Waals surface area contributed by atoms with Crippen LogP contribution in [-0.2, 0) is 19.6 Å². The van der Waals surface area contributed by atoms with Crippen LogP contribution in [0.25, 0.3) is 0 Å². The number of nitrogens with zero attached hydrogens (tertiary/aromatic N) is 1. The van der Waals surface area contributed by atoms with E-state index in [0.29, 0.717) is 12.0 Å². The van der Waals surface area contributed by atoms with Crippen LogP contribution in [0.2, 0.25) is 0 Å². The number of esters is 1. The minimum Gasteiger partial charge on any atom is -0.464 e. The Hall–Kier alpha value is -2.22. The number of rotatable bonds is 8. The molecule has 2 aromatic carbocycles. The first-order valence-electron chi connectivity index (χ1n) is 10.7. The van der Waals surface area contributed by atoms with Gasteiger partial charge in [0.2, 0.25) is 0 Å². The number of carbonyl (C=O) groups excluding carboxylic acids is 1. The van der Waals surface area contributed by atoms with E-state index in [2.05, 4.69) is 25.1 Å². The SMILES string of the molecule is CN(C)C1CCC(c2ccccc2C(C(=O)OCCS(=O)(=O)O)c2ccccc2)CC1. The average molecular weight is 446 g/mol. The van der Waals surface area contributed by atoms with Gasteiger partial charge in [-0.2, -0.15) is 8.42 Å². The largest absolute Gasteiger partial charge is 0.464 e. The summed E-state index contributed by atoms with van der Waals surface area (Å²) in [5.74, 6) is -1.41. The lowest BCUT2D eigenvalue weighted by atomic mass is 9.76. The van der Waals surface area contributed by atoms with Gasteiger partial charge >= 0.3 is 5.97 Å². The first-order valence-corrected chi connectivity index (χ1v) is 12.3. The number of ether oxygens (including phenoxy) is 1. The highest BCUT2D eigenvalue weighted by molar-refractivity contribution is 7.85. The summed E-state index contributed by atoms with van der Waals surface area (Å²) in [5, 5.41) is 0. The minimum atomic E-state index is -4.19. The van der Waals surface area contributed by atoms with Crippen molar-refractivity contribution in [3.8, 4) is 0 Å². The van der Waals surface area contributed by atoms with Crippen LogP contribution in [0.1, 0.15) is 54.2 Å². The molecule has 1 fully saturated rings. The summed E-state index contributed by atoms with van der Waals surface area (Å²) in [7, 11) is 0.0425. The first-order chi connectivity index (χ1) is 14.8. The fraction of sp³-hybridized carbons (Fsp3) is 0.458. The lowest BCUT2D eigenvalue weighted by molar-refractivity contribution is -0.143.